The molecule has 0 N–H and O–H groups in total. The number of Topliss-reactive ketones (excluding diaryl/α,β-unsaturated/α-hetero) is 2. The van der Waals surface area contributed by atoms with E-state index in [0.29, 0.717) is 11.5 Å². The molecular formula is C34H32CuO12-4. The quantitative estimate of drug-likeness (QED) is 0.156. The summed E-state index contributed by atoms with van der Waals surface area (Å²) in [4.78, 5) is 24.7. The zero-order valence-corrected chi connectivity index (χ0v) is 27.2. The van der Waals surface area contributed by atoms with Gasteiger partial charge in [0.15, 0.2) is 11.6 Å². The smallest absolute Gasteiger partial charge is 0.153 e. The summed E-state index contributed by atoms with van der Waals surface area (Å²) in [7, 11) is 8.43. The van der Waals surface area contributed by atoms with Crippen LogP contribution >= 0.6 is 0 Å². The summed E-state index contributed by atoms with van der Waals surface area (Å²) in [6.45, 7) is 0. The van der Waals surface area contributed by atoms with Gasteiger partial charge in [0.05, 0.1) is 42.7 Å². The molecule has 2 atom stereocenters. The molecule has 0 saturated carbocycles. The molecule has 0 spiro atoms. The summed E-state index contributed by atoms with van der Waals surface area (Å²) in [5.74, 6) is -0.884. The maximum atomic E-state index is 12.5. The van der Waals surface area contributed by atoms with Crippen molar-refractivity contribution >= 4 is 11.6 Å². The zero-order valence-electron chi connectivity index (χ0n) is 26.3. The van der Waals surface area contributed by atoms with Gasteiger partial charge in [-0.2, -0.15) is 0 Å². The van der Waals surface area contributed by atoms with Gasteiger partial charge in [-0.1, -0.05) is 11.5 Å². The number of methoxy groups -OCH3 is 6. The van der Waals surface area contributed by atoms with Gasteiger partial charge in [0, 0.05) is 40.3 Å². The van der Waals surface area contributed by atoms with Crippen LogP contribution in [-0.4, -0.2) is 54.2 Å². The van der Waals surface area contributed by atoms with E-state index in [1.807, 2.05) is 0 Å². The van der Waals surface area contributed by atoms with Crippen molar-refractivity contribution in [3.8, 4) is 46.0 Å². The first kappa shape index (κ1) is 38.2. The summed E-state index contributed by atoms with van der Waals surface area (Å²) in [5, 5.41) is 49.2. The first-order valence-electron chi connectivity index (χ1n) is 13.6. The average Bonchev–Trinajstić information content (AvgIpc) is 3.09. The Bertz CT molecular complexity index is 1520. The van der Waals surface area contributed by atoms with Gasteiger partial charge < -0.3 is 48.8 Å². The second-order valence-electron chi connectivity index (χ2n) is 9.43. The van der Waals surface area contributed by atoms with E-state index >= 15 is 0 Å². The van der Waals surface area contributed by atoms with Crippen LogP contribution in [0.15, 0.2) is 72.8 Å². The maximum absolute atomic E-state index is 12.5. The van der Waals surface area contributed by atoms with Gasteiger partial charge in [-0.3, -0.25) is 9.59 Å². The van der Waals surface area contributed by atoms with Crippen molar-refractivity contribution in [3.63, 3.8) is 0 Å². The van der Waals surface area contributed by atoms with Crippen LogP contribution in [0.25, 0.3) is 0 Å². The van der Waals surface area contributed by atoms with E-state index in [0.717, 1.165) is 12.1 Å². The summed E-state index contributed by atoms with van der Waals surface area (Å²) in [6, 6.07) is 17.3. The molecule has 0 bridgehead atoms. The Balaban J connectivity index is 0.000000320. The van der Waals surface area contributed by atoms with Crippen LogP contribution in [0, 0.1) is 0 Å². The molecule has 0 aliphatic heterocycles. The number of hydrogen-bond donors (Lipinski definition) is 0. The monoisotopic (exact) mass is 695 g/mol. The minimum Gasteiger partial charge on any atom is -0.872 e. The summed E-state index contributed by atoms with van der Waals surface area (Å²) in [5.41, 5.74) is -0.0608. The predicted octanol–water partition coefficient (Wildman–Crippen LogP) is 2.14. The number of carbonyl (C=O) groups excluding carboxylic acids is 2. The van der Waals surface area contributed by atoms with Crippen LogP contribution in [-0.2, 0) is 17.1 Å². The third-order valence-electron chi connectivity index (χ3n) is 6.82. The van der Waals surface area contributed by atoms with Gasteiger partial charge in [-0.25, -0.2) is 0 Å². The predicted molar refractivity (Wildman–Crippen MR) is 158 cm³/mol. The van der Waals surface area contributed by atoms with Crippen molar-refractivity contribution in [1.82, 2.24) is 0 Å². The first-order chi connectivity index (χ1) is 22.0. The van der Waals surface area contributed by atoms with Gasteiger partial charge >= 0.3 is 0 Å². The van der Waals surface area contributed by atoms with Crippen LogP contribution < -0.4 is 48.8 Å². The van der Waals surface area contributed by atoms with Gasteiger partial charge in [0.2, 0.25) is 0 Å². The number of rotatable bonds is 12. The Kier molecular flexibility index (Phi) is 14.4. The molecule has 12 nitrogen and oxygen atoms in total. The minimum atomic E-state index is -1.88. The van der Waals surface area contributed by atoms with E-state index in [4.69, 9.17) is 28.4 Å². The van der Waals surface area contributed by atoms with Crippen molar-refractivity contribution in [2.24, 2.45) is 0 Å². The molecule has 0 aliphatic carbocycles. The van der Waals surface area contributed by atoms with Crippen molar-refractivity contribution in [1.29, 1.82) is 0 Å². The second-order valence-corrected chi connectivity index (χ2v) is 9.43. The molecule has 4 aromatic carbocycles. The average molecular weight is 696 g/mol. The van der Waals surface area contributed by atoms with E-state index in [2.05, 4.69) is 0 Å². The molecule has 1 radical (unpaired) electrons. The maximum Gasteiger partial charge on any atom is 0.153 e. The van der Waals surface area contributed by atoms with Crippen LogP contribution in [0.4, 0.5) is 0 Å². The largest absolute Gasteiger partial charge is 0.872 e. The van der Waals surface area contributed by atoms with Crippen molar-refractivity contribution in [2.75, 3.05) is 42.7 Å². The Morgan fingerprint density at radius 2 is 0.787 bits per heavy atom. The molecule has 0 heterocycles. The van der Waals surface area contributed by atoms with Crippen LogP contribution in [0.2, 0.25) is 0 Å². The Morgan fingerprint density at radius 3 is 1.04 bits per heavy atom. The molecule has 0 saturated heterocycles. The van der Waals surface area contributed by atoms with Gasteiger partial charge in [-0.15, -0.1) is 0 Å². The fraction of sp³-hybridized carbons (Fsp3) is 0.235. The molecule has 4 rings (SSSR count). The van der Waals surface area contributed by atoms with E-state index in [9.17, 15) is 30.0 Å². The molecule has 0 amide bonds. The third kappa shape index (κ3) is 9.08. The SMILES string of the molecule is COc1ccc(C(=O)C([O-])c2c([O-])cc(OC)cc2OC)cc1.COc1ccc(C(=O)C([O-])c2c([O-])cc(OC)cc2OC)cc1.[Cu]. The van der Waals surface area contributed by atoms with E-state index < -0.39 is 35.3 Å². The van der Waals surface area contributed by atoms with E-state index in [1.54, 1.807) is 24.3 Å². The van der Waals surface area contributed by atoms with Gasteiger partial charge in [-0.05, 0) is 84.0 Å². The van der Waals surface area contributed by atoms with Crippen LogP contribution in [0.1, 0.15) is 44.1 Å². The molecule has 255 valence electrons. The Morgan fingerprint density at radius 1 is 0.489 bits per heavy atom. The van der Waals surface area contributed by atoms with E-state index in [1.165, 1.54) is 79.1 Å². The van der Waals surface area contributed by atoms with Crippen molar-refractivity contribution in [3.05, 3.63) is 95.1 Å². The van der Waals surface area contributed by atoms with Crippen molar-refractivity contribution in [2.45, 2.75) is 12.2 Å². The Labute approximate surface area is 282 Å². The van der Waals surface area contributed by atoms with Gasteiger partial charge in [0.1, 0.15) is 34.5 Å². The number of ketones is 2. The molecule has 47 heavy (non-hydrogen) atoms. The minimum absolute atomic E-state index is 0. The van der Waals surface area contributed by atoms with Crippen LogP contribution in [0.5, 0.6) is 46.0 Å². The van der Waals surface area contributed by atoms with Crippen LogP contribution in [0.3, 0.4) is 0 Å². The second kappa shape index (κ2) is 17.7. The number of carbonyl (C=O) groups is 2. The van der Waals surface area contributed by atoms with Crippen molar-refractivity contribution < 1.29 is 75.5 Å². The zero-order chi connectivity index (χ0) is 34.0. The fourth-order valence-corrected chi connectivity index (χ4v) is 4.32. The summed E-state index contributed by atoms with van der Waals surface area (Å²) >= 11 is 0. The topological polar surface area (TPSA) is 182 Å². The van der Waals surface area contributed by atoms with Gasteiger partial charge in [0.25, 0.3) is 0 Å². The molecule has 0 fully saturated rings. The third-order valence-corrected chi connectivity index (χ3v) is 6.82. The number of hydrogen-bond acceptors (Lipinski definition) is 12. The number of benzene rings is 4. The molecule has 2 unspecified atom stereocenters. The summed E-state index contributed by atoms with van der Waals surface area (Å²) in [6.07, 6.45) is -3.76. The number of ether oxygens (including phenoxy) is 6. The molecule has 4 aromatic rings. The first-order valence-corrected chi connectivity index (χ1v) is 13.6. The normalized spacial score (nSPS) is 11.4. The molecule has 13 heteroatoms. The molecule has 0 aromatic heterocycles. The summed E-state index contributed by atoms with van der Waals surface area (Å²) < 4.78 is 30.0. The molecule has 0 aliphatic rings. The standard InChI is InChI=1S/2C17H17O6.Cu/c2*1-21-11-6-4-10(5-7-11)16(19)17(20)15-13(18)8-12(22-2)9-14(15)23-3;/h2*4-9,17-18H,1-3H3;/q2*-1;/p-2. The van der Waals surface area contributed by atoms with E-state index in [-0.39, 0.29) is 62.3 Å². The Hall–Kier alpha value is -4.94. The molecular weight excluding hydrogens is 664 g/mol. The fourth-order valence-electron chi connectivity index (χ4n) is 4.32.